The molecule has 1 aliphatic rings. The maximum Gasteiger partial charge on any atom is 0.0102 e. The molecule has 2 heteroatoms. The molecule has 0 saturated carbocycles. The van der Waals surface area contributed by atoms with Crippen LogP contribution in [0.4, 0.5) is 0 Å². The number of nitrogens with zero attached hydrogens (tertiary/aromatic N) is 1. The fourth-order valence-electron chi connectivity index (χ4n) is 2.90. The topological polar surface area (TPSA) is 15.3 Å². The second kappa shape index (κ2) is 7.49. The van der Waals surface area contributed by atoms with Gasteiger partial charge in [-0.1, -0.05) is 34.1 Å². The van der Waals surface area contributed by atoms with E-state index in [1.165, 1.54) is 45.3 Å². The highest BCUT2D eigenvalue weighted by Crippen LogP contribution is 2.26. The molecule has 1 saturated heterocycles. The summed E-state index contributed by atoms with van der Waals surface area (Å²) < 4.78 is 0. The highest BCUT2D eigenvalue weighted by atomic mass is 15.1. The largest absolute Gasteiger partial charge is 0.314 e. The molecule has 1 N–H and O–H groups in total. The first kappa shape index (κ1) is 16.0. The molecule has 0 aromatic heterocycles. The van der Waals surface area contributed by atoms with Gasteiger partial charge in [-0.2, -0.15) is 0 Å². The molecule has 0 radical (unpaired) electrons. The second-order valence-electron chi connectivity index (χ2n) is 6.79. The Balaban J connectivity index is 2.36. The Kier molecular flexibility index (Phi) is 6.65. The summed E-state index contributed by atoms with van der Waals surface area (Å²) in [5.41, 5.74) is 0.369. The zero-order valence-electron chi connectivity index (χ0n) is 13.3. The molecule has 1 rings (SSSR count). The quantitative estimate of drug-likeness (QED) is 0.748. The molecule has 1 heterocycles. The first-order valence-electron chi connectivity index (χ1n) is 7.95. The molecule has 108 valence electrons. The van der Waals surface area contributed by atoms with Crippen molar-refractivity contribution in [3.8, 4) is 0 Å². The number of hydrogen-bond donors (Lipinski definition) is 1. The predicted octanol–water partition coefficient (Wildman–Crippen LogP) is 3.52. The summed E-state index contributed by atoms with van der Waals surface area (Å²) in [5, 5.41) is 3.66. The Bertz CT molecular complexity index is 217. The van der Waals surface area contributed by atoms with E-state index in [0.717, 1.165) is 12.5 Å². The summed E-state index contributed by atoms with van der Waals surface area (Å²) in [5.74, 6) is 0.986. The molecule has 1 fully saturated rings. The number of nitrogens with one attached hydrogen (secondary N) is 1. The Morgan fingerprint density at radius 3 is 2.33 bits per heavy atom. The number of rotatable bonds is 7. The van der Waals surface area contributed by atoms with Gasteiger partial charge in [0.1, 0.15) is 0 Å². The van der Waals surface area contributed by atoms with Crippen LogP contribution in [0.3, 0.4) is 0 Å². The van der Waals surface area contributed by atoms with Crippen LogP contribution in [0.25, 0.3) is 0 Å². The smallest absolute Gasteiger partial charge is 0.0102 e. The molecule has 0 spiro atoms. The molecular formula is C16H34N2. The number of likely N-dealkylation sites (tertiary alicyclic amines) is 1. The van der Waals surface area contributed by atoms with Crippen molar-refractivity contribution < 1.29 is 0 Å². The summed E-state index contributed by atoms with van der Waals surface area (Å²) >= 11 is 0. The lowest BCUT2D eigenvalue weighted by atomic mass is 9.83. The Hall–Kier alpha value is -0.0800. The van der Waals surface area contributed by atoms with Crippen LogP contribution < -0.4 is 5.32 Å². The van der Waals surface area contributed by atoms with Gasteiger partial charge in [-0.25, -0.2) is 0 Å². The molecule has 1 atom stereocenters. The molecule has 0 bridgehead atoms. The van der Waals surface area contributed by atoms with E-state index >= 15 is 0 Å². The van der Waals surface area contributed by atoms with Gasteiger partial charge in [0, 0.05) is 12.6 Å². The minimum Gasteiger partial charge on any atom is -0.314 e. The van der Waals surface area contributed by atoms with Gasteiger partial charge in [-0.15, -0.1) is 0 Å². The first-order chi connectivity index (χ1) is 8.49. The molecular weight excluding hydrogens is 220 g/mol. The van der Waals surface area contributed by atoms with Crippen LogP contribution in [0.1, 0.15) is 60.3 Å². The van der Waals surface area contributed by atoms with Gasteiger partial charge >= 0.3 is 0 Å². The van der Waals surface area contributed by atoms with Crippen LogP contribution in [-0.2, 0) is 0 Å². The van der Waals surface area contributed by atoms with Crippen LogP contribution >= 0.6 is 0 Å². The minimum atomic E-state index is 0.369. The van der Waals surface area contributed by atoms with Crippen molar-refractivity contribution in [1.29, 1.82) is 0 Å². The summed E-state index contributed by atoms with van der Waals surface area (Å²) in [6.45, 7) is 16.7. The van der Waals surface area contributed by atoms with E-state index in [0.29, 0.717) is 11.5 Å². The van der Waals surface area contributed by atoms with E-state index in [-0.39, 0.29) is 0 Å². The Morgan fingerprint density at radius 1 is 1.22 bits per heavy atom. The van der Waals surface area contributed by atoms with E-state index in [9.17, 15) is 0 Å². The Labute approximate surface area is 115 Å². The monoisotopic (exact) mass is 254 g/mol. The van der Waals surface area contributed by atoms with Crippen molar-refractivity contribution >= 4 is 0 Å². The fourth-order valence-corrected chi connectivity index (χ4v) is 2.90. The van der Waals surface area contributed by atoms with Gasteiger partial charge in [-0.3, -0.25) is 0 Å². The van der Waals surface area contributed by atoms with Crippen LogP contribution in [-0.4, -0.2) is 37.1 Å². The summed E-state index contributed by atoms with van der Waals surface area (Å²) in [6.07, 6.45) is 5.40. The van der Waals surface area contributed by atoms with Crippen molar-refractivity contribution in [3.63, 3.8) is 0 Å². The average molecular weight is 254 g/mol. The van der Waals surface area contributed by atoms with Crippen molar-refractivity contribution in [1.82, 2.24) is 10.2 Å². The SMILES string of the molecule is CCCNC(C)C(C)(C)CN1CCC(CC)CC1. The third-order valence-corrected chi connectivity index (χ3v) is 4.79. The third-order valence-electron chi connectivity index (χ3n) is 4.79. The van der Waals surface area contributed by atoms with E-state index in [1.807, 2.05) is 0 Å². The van der Waals surface area contributed by atoms with E-state index in [2.05, 4.69) is 44.8 Å². The molecule has 0 aromatic rings. The van der Waals surface area contributed by atoms with Gasteiger partial charge in [0.2, 0.25) is 0 Å². The van der Waals surface area contributed by atoms with Crippen molar-refractivity contribution in [2.45, 2.75) is 66.3 Å². The standard InChI is InChI=1S/C16H34N2/c1-6-10-17-14(3)16(4,5)13-18-11-8-15(7-2)9-12-18/h14-15,17H,6-13H2,1-5H3. The van der Waals surface area contributed by atoms with Gasteiger partial charge in [0.25, 0.3) is 0 Å². The molecule has 0 aliphatic carbocycles. The molecule has 0 aromatic carbocycles. The maximum atomic E-state index is 3.66. The van der Waals surface area contributed by atoms with Crippen LogP contribution in [0.2, 0.25) is 0 Å². The van der Waals surface area contributed by atoms with Crippen molar-refractivity contribution in [2.24, 2.45) is 11.3 Å². The van der Waals surface area contributed by atoms with Crippen LogP contribution in [0.5, 0.6) is 0 Å². The van der Waals surface area contributed by atoms with Gasteiger partial charge in [0.05, 0.1) is 0 Å². The van der Waals surface area contributed by atoms with Gasteiger partial charge < -0.3 is 10.2 Å². The summed E-state index contributed by atoms with van der Waals surface area (Å²) in [6, 6.07) is 0.598. The molecule has 2 nitrogen and oxygen atoms in total. The lowest BCUT2D eigenvalue weighted by molar-refractivity contribution is 0.106. The number of piperidine rings is 1. The minimum absolute atomic E-state index is 0.369. The third kappa shape index (κ3) is 4.89. The fraction of sp³-hybridized carbons (Fsp3) is 1.00. The van der Waals surface area contributed by atoms with Crippen LogP contribution in [0.15, 0.2) is 0 Å². The lowest BCUT2D eigenvalue weighted by Crippen LogP contribution is -2.48. The van der Waals surface area contributed by atoms with E-state index < -0.39 is 0 Å². The van der Waals surface area contributed by atoms with Gasteiger partial charge in [-0.05, 0) is 57.2 Å². The van der Waals surface area contributed by atoms with E-state index in [1.54, 1.807) is 0 Å². The van der Waals surface area contributed by atoms with E-state index in [4.69, 9.17) is 0 Å². The average Bonchev–Trinajstić information content (AvgIpc) is 2.36. The maximum absolute atomic E-state index is 3.66. The highest BCUT2D eigenvalue weighted by Gasteiger charge is 2.29. The van der Waals surface area contributed by atoms with Crippen molar-refractivity contribution in [2.75, 3.05) is 26.2 Å². The summed E-state index contributed by atoms with van der Waals surface area (Å²) in [7, 11) is 0. The summed E-state index contributed by atoms with van der Waals surface area (Å²) in [4.78, 5) is 2.68. The highest BCUT2D eigenvalue weighted by molar-refractivity contribution is 4.85. The zero-order valence-corrected chi connectivity index (χ0v) is 13.3. The molecule has 1 unspecified atom stereocenters. The Morgan fingerprint density at radius 2 is 1.83 bits per heavy atom. The lowest BCUT2D eigenvalue weighted by Gasteiger charge is -2.40. The van der Waals surface area contributed by atoms with Gasteiger partial charge in [0.15, 0.2) is 0 Å². The molecule has 18 heavy (non-hydrogen) atoms. The normalized spacial score (nSPS) is 21.2. The molecule has 0 amide bonds. The second-order valence-corrected chi connectivity index (χ2v) is 6.79. The molecule has 1 aliphatic heterocycles. The predicted molar refractivity (Wildman–Crippen MR) is 81.0 cm³/mol. The number of hydrogen-bond acceptors (Lipinski definition) is 2. The zero-order chi connectivity index (χ0) is 13.6. The first-order valence-corrected chi connectivity index (χ1v) is 7.95. The van der Waals surface area contributed by atoms with Crippen molar-refractivity contribution in [3.05, 3.63) is 0 Å². The van der Waals surface area contributed by atoms with Crippen LogP contribution in [0, 0.1) is 11.3 Å².